The first-order chi connectivity index (χ1) is 17.1. The van der Waals surface area contributed by atoms with E-state index in [-0.39, 0.29) is 25.2 Å². The molecule has 4 unspecified atom stereocenters. The summed E-state index contributed by atoms with van der Waals surface area (Å²) < 4.78 is 0. The molecule has 0 bridgehead atoms. The van der Waals surface area contributed by atoms with Crippen molar-refractivity contribution >= 4 is 41.4 Å². The molecule has 15 nitrogen and oxygen atoms in total. The molecule has 3 amide bonds. The van der Waals surface area contributed by atoms with Crippen molar-refractivity contribution in [1.29, 1.82) is 0 Å². The van der Waals surface area contributed by atoms with Gasteiger partial charge < -0.3 is 48.3 Å². The van der Waals surface area contributed by atoms with Gasteiger partial charge in [-0.15, -0.1) is 0 Å². The van der Waals surface area contributed by atoms with E-state index in [2.05, 4.69) is 30.9 Å². The third-order valence-corrected chi connectivity index (χ3v) is 5.60. The Balaban J connectivity index is 2.92. The second-order valence-electron chi connectivity index (χ2n) is 7.82. The largest absolute Gasteiger partial charge is 0.480 e. The van der Waals surface area contributed by atoms with E-state index in [1.165, 1.54) is 24.3 Å². The van der Waals surface area contributed by atoms with Crippen LogP contribution in [0.3, 0.4) is 0 Å². The number of aliphatic hydroxyl groups is 1. The SMILES string of the molecule is CSCCC(NC(=O)C(N)CCCN=C(N)N)C(=O)NC(Cc1cnc[nH]1)C(=O)NC(CO)C(=O)O. The number of imidazole rings is 1. The maximum Gasteiger partial charge on any atom is 0.328 e. The minimum atomic E-state index is -1.55. The Kier molecular flexibility index (Phi) is 13.9. The molecule has 1 aromatic rings. The number of nitrogens with one attached hydrogen (secondary N) is 4. The molecule has 0 spiro atoms. The number of aliphatic hydroxyl groups excluding tert-OH is 1. The number of amides is 3. The second-order valence-corrected chi connectivity index (χ2v) is 8.81. The molecule has 12 N–H and O–H groups in total. The maximum absolute atomic E-state index is 13.1. The number of thioether (sulfide) groups is 1. The Morgan fingerprint density at radius 3 is 2.28 bits per heavy atom. The summed E-state index contributed by atoms with van der Waals surface area (Å²) in [7, 11) is 0. The topological polar surface area (TPSA) is 264 Å². The van der Waals surface area contributed by atoms with E-state index in [0.717, 1.165) is 0 Å². The van der Waals surface area contributed by atoms with Gasteiger partial charge in [0, 0.05) is 24.9 Å². The first kappa shape index (κ1) is 30.7. The van der Waals surface area contributed by atoms with Crippen LogP contribution in [-0.2, 0) is 25.6 Å². The summed E-state index contributed by atoms with van der Waals surface area (Å²) in [6, 6.07) is -4.68. The normalized spacial score (nSPS) is 14.1. The number of rotatable bonds is 17. The lowest BCUT2D eigenvalue weighted by molar-refractivity contribution is -0.143. The summed E-state index contributed by atoms with van der Waals surface area (Å²) >= 11 is 1.46. The van der Waals surface area contributed by atoms with E-state index < -0.39 is 54.5 Å². The van der Waals surface area contributed by atoms with Gasteiger partial charge in [-0.3, -0.25) is 19.4 Å². The van der Waals surface area contributed by atoms with E-state index in [9.17, 15) is 24.3 Å². The van der Waals surface area contributed by atoms with E-state index >= 15 is 0 Å². The quantitative estimate of drug-likeness (QED) is 0.0545. The van der Waals surface area contributed by atoms with Crippen LogP contribution in [0.4, 0.5) is 0 Å². The Morgan fingerprint density at radius 2 is 1.72 bits per heavy atom. The number of hydrogen-bond donors (Lipinski definition) is 9. The number of H-pyrrole nitrogens is 1. The van der Waals surface area contributed by atoms with Crippen LogP contribution in [0.5, 0.6) is 0 Å². The molecule has 1 heterocycles. The fourth-order valence-electron chi connectivity index (χ4n) is 2.99. The molecule has 1 rings (SSSR count). The summed E-state index contributed by atoms with van der Waals surface area (Å²) in [6.07, 6.45) is 5.62. The van der Waals surface area contributed by atoms with Crippen molar-refractivity contribution in [3.63, 3.8) is 0 Å². The van der Waals surface area contributed by atoms with Crippen LogP contribution in [-0.4, -0.2) is 99.2 Å². The molecule has 1 aromatic heterocycles. The molecule has 36 heavy (non-hydrogen) atoms. The number of guanidine groups is 1. The van der Waals surface area contributed by atoms with E-state index in [1.54, 1.807) is 0 Å². The molecule has 0 fully saturated rings. The highest BCUT2D eigenvalue weighted by atomic mass is 32.2. The van der Waals surface area contributed by atoms with Gasteiger partial charge in [0.2, 0.25) is 17.7 Å². The highest BCUT2D eigenvalue weighted by Crippen LogP contribution is 2.06. The smallest absolute Gasteiger partial charge is 0.328 e. The van der Waals surface area contributed by atoms with Gasteiger partial charge in [-0.1, -0.05) is 0 Å². The van der Waals surface area contributed by atoms with Gasteiger partial charge in [0.1, 0.15) is 18.1 Å². The lowest BCUT2D eigenvalue weighted by atomic mass is 10.1. The Hall–Kier alpha value is -3.37. The minimum Gasteiger partial charge on any atom is -0.480 e. The number of carbonyl (C=O) groups excluding carboxylic acids is 3. The standard InChI is InChI=1S/C20H35N9O6S/c1-36-6-4-13(27-16(31)12(21)3-2-5-25-20(22)23)17(32)28-14(7-11-8-24-10-26-11)18(33)29-15(9-30)19(34)35/h8,10,12-15,30H,2-7,9,21H2,1H3,(H,24,26)(H,27,31)(H,28,32)(H,29,33)(H,34,35)(H4,22,23,25). The summed E-state index contributed by atoms with van der Waals surface area (Å²) in [4.78, 5) is 60.1. The van der Waals surface area contributed by atoms with Crippen molar-refractivity contribution in [2.75, 3.05) is 25.2 Å². The van der Waals surface area contributed by atoms with E-state index in [4.69, 9.17) is 22.3 Å². The summed E-state index contributed by atoms with van der Waals surface area (Å²) in [6.45, 7) is -0.533. The molecular weight excluding hydrogens is 494 g/mol. The number of carboxylic acid groups (broad SMARTS) is 1. The van der Waals surface area contributed by atoms with E-state index in [1.807, 2.05) is 6.26 Å². The molecule has 0 radical (unpaired) electrons. The number of nitrogens with two attached hydrogens (primary N) is 3. The van der Waals surface area contributed by atoms with Crippen LogP contribution >= 0.6 is 11.8 Å². The summed E-state index contributed by atoms with van der Waals surface area (Å²) in [5, 5.41) is 25.7. The van der Waals surface area contributed by atoms with Crippen LogP contribution in [0.15, 0.2) is 17.5 Å². The molecule has 16 heteroatoms. The molecule has 4 atom stereocenters. The molecule has 0 aliphatic heterocycles. The van der Waals surface area contributed by atoms with Gasteiger partial charge in [0.05, 0.1) is 19.0 Å². The highest BCUT2D eigenvalue weighted by Gasteiger charge is 2.30. The van der Waals surface area contributed by atoms with Crippen molar-refractivity contribution in [3.8, 4) is 0 Å². The van der Waals surface area contributed by atoms with Crippen molar-refractivity contribution in [2.24, 2.45) is 22.2 Å². The Bertz CT molecular complexity index is 879. The number of aliphatic carboxylic acids is 1. The number of carboxylic acids is 1. The zero-order chi connectivity index (χ0) is 27.1. The molecule has 0 aliphatic rings. The Morgan fingerprint density at radius 1 is 1.08 bits per heavy atom. The third-order valence-electron chi connectivity index (χ3n) is 4.96. The molecule has 0 saturated heterocycles. The second kappa shape index (κ2) is 16.3. The fraction of sp³-hybridized carbons (Fsp3) is 0.600. The van der Waals surface area contributed by atoms with Crippen molar-refractivity contribution in [1.82, 2.24) is 25.9 Å². The Labute approximate surface area is 212 Å². The lowest BCUT2D eigenvalue weighted by Crippen LogP contribution is -2.58. The molecule has 0 aromatic carbocycles. The van der Waals surface area contributed by atoms with Crippen molar-refractivity contribution in [2.45, 2.75) is 49.9 Å². The number of aromatic nitrogens is 2. The fourth-order valence-corrected chi connectivity index (χ4v) is 3.46. The van der Waals surface area contributed by atoms with Crippen LogP contribution in [0.25, 0.3) is 0 Å². The molecular formula is C20H35N9O6S. The predicted octanol–water partition coefficient (Wildman–Crippen LogP) is -3.38. The van der Waals surface area contributed by atoms with Gasteiger partial charge in [-0.25, -0.2) is 9.78 Å². The van der Waals surface area contributed by atoms with Gasteiger partial charge in [-0.2, -0.15) is 11.8 Å². The van der Waals surface area contributed by atoms with Crippen molar-refractivity contribution < 1.29 is 29.4 Å². The van der Waals surface area contributed by atoms with Crippen LogP contribution in [0, 0.1) is 0 Å². The van der Waals surface area contributed by atoms with Crippen LogP contribution in [0.2, 0.25) is 0 Å². The first-order valence-corrected chi connectivity index (χ1v) is 12.5. The number of aliphatic imine (C=N–C) groups is 1. The average molecular weight is 530 g/mol. The van der Waals surface area contributed by atoms with Crippen LogP contribution < -0.4 is 33.2 Å². The molecule has 0 aliphatic carbocycles. The minimum absolute atomic E-state index is 0.0388. The molecule has 0 saturated carbocycles. The van der Waals surface area contributed by atoms with E-state index in [0.29, 0.717) is 24.4 Å². The van der Waals surface area contributed by atoms with Gasteiger partial charge in [-0.05, 0) is 31.3 Å². The number of nitrogens with zero attached hydrogens (tertiary/aromatic N) is 2. The molecule has 202 valence electrons. The van der Waals surface area contributed by atoms with Crippen LogP contribution in [0.1, 0.15) is 25.0 Å². The number of carbonyl (C=O) groups is 4. The van der Waals surface area contributed by atoms with Gasteiger partial charge in [0.25, 0.3) is 0 Å². The summed E-state index contributed by atoms with van der Waals surface area (Å²) in [5.74, 6) is -3.00. The van der Waals surface area contributed by atoms with Gasteiger partial charge in [0.15, 0.2) is 5.96 Å². The first-order valence-electron chi connectivity index (χ1n) is 11.1. The summed E-state index contributed by atoms with van der Waals surface area (Å²) in [5.41, 5.74) is 17.0. The zero-order valence-electron chi connectivity index (χ0n) is 20.0. The monoisotopic (exact) mass is 529 g/mol. The van der Waals surface area contributed by atoms with Crippen molar-refractivity contribution in [3.05, 3.63) is 18.2 Å². The zero-order valence-corrected chi connectivity index (χ0v) is 20.8. The predicted molar refractivity (Wildman–Crippen MR) is 134 cm³/mol. The highest BCUT2D eigenvalue weighted by molar-refractivity contribution is 7.98. The van der Waals surface area contributed by atoms with Gasteiger partial charge >= 0.3 is 5.97 Å². The lowest BCUT2D eigenvalue weighted by Gasteiger charge is -2.24. The average Bonchev–Trinajstić information content (AvgIpc) is 3.34. The number of aromatic amines is 1. The maximum atomic E-state index is 13.1. The number of hydrogen-bond acceptors (Lipinski definition) is 9. The third kappa shape index (κ3) is 11.4.